The summed E-state index contributed by atoms with van der Waals surface area (Å²) in [5.74, 6) is 0.872. The molecule has 1 aromatic heterocycles. The van der Waals surface area contributed by atoms with Crippen LogP contribution in [0.1, 0.15) is 59.3 Å². The quantitative estimate of drug-likeness (QED) is 0.517. The highest BCUT2D eigenvalue weighted by atomic mass is 16.5. The van der Waals surface area contributed by atoms with Gasteiger partial charge in [0, 0.05) is 17.6 Å². The lowest BCUT2D eigenvalue weighted by Gasteiger charge is -2.15. The number of ether oxygens (including phenoxy) is 2. The SMILES string of the molecule is CCCCCCOc1c(OCCCC)c2ccc(NCC)cc2[nH]c1=O. The van der Waals surface area contributed by atoms with E-state index in [0.29, 0.717) is 24.7 Å². The molecule has 1 aromatic carbocycles. The summed E-state index contributed by atoms with van der Waals surface area (Å²) in [6.07, 6.45) is 6.40. The molecule has 2 aromatic rings. The number of hydrogen-bond acceptors (Lipinski definition) is 4. The number of benzene rings is 1. The summed E-state index contributed by atoms with van der Waals surface area (Å²) in [6, 6.07) is 5.92. The van der Waals surface area contributed by atoms with Crippen molar-refractivity contribution in [3.8, 4) is 11.5 Å². The number of H-pyrrole nitrogens is 1. The zero-order valence-corrected chi connectivity index (χ0v) is 16.3. The summed E-state index contributed by atoms with van der Waals surface area (Å²) in [6.45, 7) is 8.28. The lowest BCUT2D eigenvalue weighted by Crippen LogP contribution is -2.15. The average Bonchev–Trinajstić information content (AvgIpc) is 2.63. The molecular weight excluding hydrogens is 328 g/mol. The van der Waals surface area contributed by atoms with Crippen LogP contribution < -0.4 is 20.3 Å². The fraction of sp³-hybridized carbons (Fsp3) is 0.571. The Kier molecular flexibility index (Phi) is 8.32. The second-order valence-corrected chi connectivity index (χ2v) is 6.51. The number of pyridine rings is 1. The summed E-state index contributed by atoms with van der Waals surface area (Å²) in [7, 11) is 0. The van der Waals surface area contributed by atoms with Gasteiger partial charge in [-0.05, 0) is 38.0 Å². The molecule has 0 unspecified atom stereocenters. The molecule has 0 saturated carbocycles. The number of aromatic nitrogens is 1. The maximum absolute atomic E-state index is 12.6. The van der Waals surface area contributed by atoms with Crippen LogP contribution in [-0.2, 0) is 0 Å². The molecule has 0 atom stereocenters. The smallest absolute Gasteiger partial charge is 0.294 e. The first-order valence-electron chi connectivity index (χ1n) is 9.90. The highest BCUT2D eigenvalue weighted by Crippen LogP contribution is 2.33. The normalized spacial score (nSPS) is 10.9. The molecule has 0 aliphatic rings. The number of fused-ring (bicyclic) bond motifs is 1. The molecule has 5 nitrogen and oxygen atoms in total. The Bertz CT molecular complexity index is 740. The van der Waals surface area contributed by atoms with Crippen molar-refractivity contribution >= 4 is 16.6 Å². The highest BCUT2D eigenvalue weighted by molar-refractivity contribution is 5.89. The number of aromatic amines is 1. The van der Waals surface area contributed by atoms with Crippen LogP contribution in [0.5, 0.6) is 11.5 Å². The molecule has 1 heterocycles. The van der Waals surface area contributed by atoms with Crippen LogP contribution in [0.2, 0.25) is 0 Å². The van der Waals surface area contributed by atoms with Crippen molar-refractivity contribution in [2.24, 2.45) is 0 Å². The zero-order chi connectivity index (χ0) is 18.8. The second kappa shape index (κ2) is 10.7. The van der Waals surface area contributed by atoms with Crippen molar-refractivity contribution in [3.63, 3.8) is 0 Å². The Labute approximate surface area is 156 Å². The van der Waals surface area contributed by atoms with E-state index < -0.39 is 0 Å². The van der Waals surface area contributed by atoms with Gasteiger partial charge in [-0.2, -0.15) is 0 Å². The topological polar surface area (TPSA) is 63.4 Å². The molecule has 2 rings (SSSR count). The Hall–Kier alpha value is -2.17. The van der Waals surface area contributed by atoms with Crippen LogP contribution in [-0.4, -0.2) is 24.7 Å². The van der Waals surface area contributed by atoms with Crippen LogP contribution in [0.4, 0.5) is 5.69 Å². The monoisotopic (exact) mass is 360 g/mol. The molecule has 0 radical (unpaired) electrons. The lowest BCUT2D eigenvalue weighted by atomic mass is 10.1. The number of unbranched alkanes of at least 4 members (excludes halogenated alkanes) is 4. The van der Waals surface area contributed by atoms with Crippen LogP contribution >= 0.6 is 0 Å². The predicted octanol–water partition coefficient (Wildman–Crippen LogP) is 5.10. The molecule has 0 amide bonds. The van der Waals surface area contributed by atoms with Gasteiger partial charge in [0.25, 0.3) is 5.56 Å². The molecule has 0 aliphatic heterocycles. The molecule has 2 N–H and O–H groups in total. The van der Waals surface area contributed by atoms with Gasteiger partial charge in [0.2, 0.25) is 5.75 Å². The van der Waals surface area contributed by atoms with Crippen molar-refractivity contribution in [2.75, 3.05) is 25.1 Å². The van der Waals surface area contributed by atoms with E-state index in [4.69, 9.17) is 9.47 Å². The van der Waals surface area contributed by atoms with Crippen molar-refractivity contribution in [1.82, 2.24) is 4.98 Å². The third-order valence-electron chi connectivity index (χ3n) is 4.29. The van der Waals surface area contributed by atoms with Crippen molar-refractivity contribution in [1.29, 1.82) is 0 Å². The van der Waals surface area contributed by atoms with Crippen molar-refractivity contribution in [3.05, 3.63) is 28.6 Å². The minimum absolute atomic E-state index is 0.229. The van der Waals surface area contributed by atoms with E-state index in [9.17, 15) is 4.79 Å². The largest absolute Gasteiger partial charge is 0.489 e. The van der Waals surface area contributed by atoms with E-state index in [1.807, 2.05) is 25.1 Å². The van der Waals surface area contributed by atoms with Gasteiger partial charge >= 0.3 is 0 Å². The molecule has 26 heavy (non-hydrogen) atoms. The minimum atomic E-state index is -0.229. The molecule has 0 spiro atoms. The summed E-state index contributed by atoms with van der Waals surface area (Å²) in [5.41, 5.74) is 1.51. The molecule has 0 fully saturated rings. The summed E-state index contributed by atoms with van der Waals surface area (Å²) >= 11 is 0. The van der Waals surface area contributed by atoms with Crippen LogP contribution in [0.25, 0.3) is 10.9 Å². The van der Waals surface area contributed by atoms with Gasteiger partial charge in [-0.3, -0.25) is 4.79 Å². The number of nitrogens with one attached hydrogen (secondary N) is 2. The van der Waals surface area contributed by atoms with Crippen LogP contribution in [0.15, 0.2) is 23.0 Å². The molecule has 144 valence electrons. The van der Waals surface area contributed by atoms with Gasteiger partial charge < -0.3 is 19.8 Å². The van der Waals surface area contributed by atoms with Gasteiger partial charge in [-0.1, -0.05) is 39.5 Å². The summed E-state index contributed by atoms with van der Waals surface area (Å²) in [5, 5.41) is 4.15. The minimum Gasteiger partial charge on any atom is -0.489 e. The first-order chi connectivity index (χ1) is 12.7. The number of anilines is 1. The van der Waals surface area contributed by atoms with Crippen molar-refractivity contribution in [2.45, 2.75) is 59.3 Å². The molecule has 0 bridgehead atoms. The Morgan fingerprint density at radius 3 is 2.38 bits per heavy atom. The lowest BCUT2D eigenvalue weighted by molar-refractivity contribution is 0.260. The second-order valence-electron chi connectivity index (χ2n) is 6.51. The maximum Gasteiger partial charge on any atom is 0.294 e. The predicted molar refractivity (Wildman–Crippen MR) is 109 cm³/mol. The highest BCUT2D eigenvalue weighted by Gasteiger charge is 2.16. The fourth-order valence-corrected chi connectivity index (χ4v) is 2.86. The van der Waals surface area contributed by atoms with Gasteiger partial charge in [-0.15, -0.1) is 0 Å². The van der Waals surface area contributed by atoms with E-state index in [-0.39, 0.29) is 5.56 Å². The fourth-order valence-electron chi connectivity index (χ4n) is 2.86. The molecule has 5 heteroatoms. The molecular formula is C21H32N2O3. The van der Waals surface area contributed by atoms with Crippen LogP contribution in [0.3, 0.4) is 0 Å². The van der Waals surface area contributed by atoms with E-state index in [1.165, 1.54) is 12.8 Å². The first kappa shape index (κ1) is 20.1. The standard InChI is InChI=1S/C21H32N2O3/c1-4-7-9-10-14-26-20-19(25-13-8-5-2)17-12-11-16(22-6-3)15-18(17)23-21(20)24/h11-12,15,22H,4-10,13-14H2,1-3H3,(H,23,24). The Morgan fingerprint density at radius 1 is 0.923 bits per heavy atom. The van der Waals surface area contributed by atoms with E-state index >= 15 is 0 Å². The number of rotatable bonds is 12. The third kappa shape index (κ3) is 5.41. The Morgan fingerprint density at radius 2 is 1.65 bits per heavy atom. The van der Waals surface area contributed by atoms with Crippen molar-refractivity contribution < 1.29 is 9.47 Å². The van der Waals surface area contributed by atoms with Crippen LogP contribution in [0, 0.1) is 0 Å². The zero-order valence-electron chi connectivity index (χ0n) is 16.3. The average molecular weight is 360 g/mol. The molecule has 0 saturated heterocycles. The number of hydrogen-bond donors (Lipinski definition) is 2. The van der Waals surface area contributed by atoms with E-state index in [0.717, 1.165) is 48.8 Å². The third-order valence-corrected chi connectivity index (χ3v) is 4.29. The van der Waals surface area contributed by atoms with E-state index in [1.54, 1.807) is 0 Å². The van der Waals surface area contributed by atoms with Gasteiger partial charge in [-0.25, -0.2) is 0 Å². The van der Waals surface area contributed by atoms with E-state index in [2.05, 4.69) is 24.1 Å². The van der Waals surface area contributed by atoms with Gasteiger partial charge in [0.05, 0.1) is 18.7 Å². The van der Waals surface area contributed by atoms with Gasteiger partial charge in [0.15, 0.2) is 5.75 Å². The first-order valence-corrected chi connectivity index (χ1v) is 9.90. The maximum atomic E-state index is 12.6. The molecule has 0 aliphatic carbocycles. The van der Waals surface area contributed by atoms with Gasteiger partial charge in [0.1, 0.15) is 0 Å². The summed E-state index contributed by atoms with van der Waals surface area (Å²) in [4.78, 5) is 15.5. The Balaban J connectivity index is 2.31. The summed E-state index contributed by atoms with van der Waals surface area (Å²) < 4.78 is 11.8.